The summed E-state index contributed by atoms with van der Waals surface area (Å²) in [5, 5.41) is 9.67. The van der Waals surface area contributed by atoms with Crippen LogP contribution in [0.5, 0.6) is 0 Å². The minimum absolute atomic E-state index is 0.365. The van der Waals surface area contributed by atoms with Gasteiger partial charge in [-0.3, -0.25) is 4.98 Å². The molecule has 6 rings (SSSR count). The summed E-state index contributed by atoms with van der Waals surface area (Å²) in [6, 6.07) is 9.28. The van der Waals surface area contributed by atoms with Crippen molar-refractivity contribution < 1.29 is 8.42 Å². The molecule has 0 spiro atoms. The first-order valence-electron chi connectivity index (χ1n) is 9.05. The summed E-state index contributed by atoms with van der Waals surface area (Å²) >= 11 is 0. The maximum absolute atomic E-state index is 12.7. The van der Waals surface area contributed by atoms with Crippen molar-refractivity contribution in [2.45, 2.75) is 17.7 Å². The normalized spacial score (nSPS) is 17.6. The van der Waals surface area contributed by atoms with Crippen LogP contribution >= 0.6 is 0 Å². The predicted molar refractivity (Wildman–Crippen MR) is 106 cm³/mol. The minimum Gasteiger partial charge on any atom is -0.355 e. The topological polar surface area (TPSA) is 89.2 Å². The van der Waals surface area contributed by atoms with Gasteiger partial charge in [-0.1, -0.05) is 0 Å². The van der Waals surface area contributed by atoms with Crippen LogP contribution in [-0.2, 0) is 9.84 Å². The fourth-order valence-electron chi connectivity index (χ4n) is 3.80. The van der Waals surface area contributed by atoms with Gasteiger partial charge in [-0.25, -0.2) is 17.9 Å². The van der Waals surface area contributed by atoms with Crippen molar-refractivity contribution in [3.05, 3.63) is 60.0 Å². The number of benzene rings is 1. The van der Waals surface area contributed by atoms with Crippen molar-refractivity contribution in [2.24, 2.45) is 5.92 Å². The molecule has 0 amide bonds. The van der Waals surface area contributed by atoms with Crippen LogP contribution in [0.25, 0.3) is 22.1 Å². The van der Waals surface area contributed by atoms with Crippen LogP contribution in [0.1, 0.15) is 18.4 Å². The highest BCUT2D eigenvalue weighted by Gasteiger charge is 2.36. The minimum atomic E-state index is -3.40. The Kier molecular flexibility index (Phi) is 3.03. The molecule has 1 aliphatic heterocycles. The summed E-state index contributed by atoms with van der Waals surface area (Å²) in [6.45, 7) is 0. The third-order valence-electron chi connectivity index (χ3n) is 5.32. The lowest BCUT2D eigenvalue weighted by Crippen LogP contribution is -1.98. The molecule has 1 saturated carbocycles. The van der Waals surface area contributed by atoms with Gasteiger partial charge in [0.25, 0.3) is 0 Å². The summed E-state index contributed by atoms with van der Waals surface area (Å²) < 4.78 is 27.1. The quantitative estimate of drug-likeness (QED) is 0.576. The molecule has 0 atom stereocenters. The van der Waals surface area contributed by atoms with Crippen LogP contribution in [0.4, 0.5) is 11.4 Å². The van der Waals surface area contributed by atoms with Gasteiger partial charge in [-0.15, -0.1) is 0 Å². The number of rotatable bonds is 3. The Morgan fingerprint density at radius 3 is 2.86 bits per heavy atom. The second-order valence-corrected chi connectivity index (χ2v) is 8.99. The van der Waals surface area contributed by atoms with E-state index < -0.39 is 9.84 Å². The average molecular weight is 389 g/mol. The lowest BCUT2D eigenvalue weighted by molar-refractivity contribution is 0.605. The van der Waals surface area contributed by atoms with Crippen molar-refractivity contribution in [2.75, 3.05) is 5.32 Å². The van der Waals surface area contributed by atoms with Gasteiger partial charge in [0, 0.05) is 40.6 Å². The molecule has 138 valence electrons. The van der Waals surface area contributed by atoms with Crippen LogP contribution in [-0.4, -0.2) is 28.0 Å². The zero-order chi connectivity index (χ0) is 18.9. The molecule has 4 aromatic rings. The lowest BCUT2D eigenvalue weighted by Gasteiger charge is -2.12. The highest BCUT2D eigenvalue weighted by atomic mass is 32.2. The zero-order valence-electron chi connectivity index (χ0n) is 14.7. The van der Waals surface area contributed by atoms with Crippen LogP contribution in [0.15, 0.2) is 59.4 Å². The van der Waals surface area contributed by atoms with Gasteiger partial charge in [-0.05, 0) is 54.2 Å². The first-order valence-corrected chi connectivity index (χ1v) is 10.6. The SMILES string of the molecule is O=S1(=O)C=C(C2CC2)c2cc3nccc(Nc4ccn5ncnc5c4)c3cc21. The van der Waals surface area contributed by atoms with Crippen LogP contribution in [0.3, 0.4) is 0 Å². The molecular formula is C20H15N5O2S. The number of hydrogen-bond acceptors (Lipinski definition) is 6. The molecule has 1 N–H and O–H groups in total. The Balaban J connectivity index is 1.49. The Morgan fingerprint density at radius 1 is 1.11 bits per heavy atom. The van der Waals surface area contributed by atoms with Crippen LogP contribution in [0.2, 0.25) is 0 Å². The molecule has 1 aromatic carbocycles. The van der Waals surface area contributed by atoms with Crippen molar-refractivity contribution >= 4 is 43.3 Å². The molecule has 4 heterocycles. The van der Waals surface area contributed by atoms with Gasteiger partial charge in [-0.2, -0.15) is 5.10 Å². The molecule has 3 aromatic heterocycles. The molecule has 7 nitrogen and oxygen atoms in total. The highest BCUT2D eigenvalue weighted by molar-refractivity contribution is 7.95. The Morgan fingerprint density at radius 2 is 2.00 bits per heavy atom. The van der Waals surface area contributed by atoms with E-state index in [-0.39, 0.29) is 0 Å². The fraction of sp³-hybridized carbons (Fsp3) is 0.150. The average Bonchev–Trinajstić information content (AvgIpc) is 3.36. The Bertz CT molecular complexity index is 1420. The number of fused-ring (bicyclic) bond motifs is 3. The van der Waals surface area contributed by atoms with Gasteiger partial charge < -0.3 is 5.32 Å². The lowest BCUT2D eigenvalue weighted by atomic mass is 10.0. The number of anilines is 2. The summed E-state index contributed by atoms with van der Waals surface area (Å²) in [7, 11) is -3.40. The molecule has 1 aliphatic carbocycles. The van der Waals surface area contributed by atoms with E-state index in [0.717, 1.165) is 51.9 Å². The van der Waals surface area contributed by atoms with Crippen LogP contribution in [0, 0.1) is 5.92 Å². The number of nitrogens with zero attached hydrogens (tertiary/aromatic N) is 4. The number of allylic oxidation sites excluding steroid dienone is 1. The summed E-state index contributed by atoms with van der Waals surface area (Å²) in [5.41, 5.74) is 4.89. The molecule has 2 aliphatic rings. The summed E-state index contributed by atoms with van der Waals surface area (Å²) in [4.78, 5) is 9.05. The van der Waals surface area contributed by atoms with E-state index in [0.29, 0.717) is 10.8 Å². The second kappa shape index (κ2) is 5.39. The van der Waals surface area contributed by atoms with E-state index in [9.17, 15) is 8.42 Å². The Hall–Kier alpha value is -3.26. The van der Waals surface area contributed by atoms with Gasteiger partial charge in [0.1, 0.15) is 6.33 Å². The zero-order valence-corrected chi connectivity index (χ0v) is 15.5. The molecule has 0 unspecified atom stereocenters. The predicted octanol–water partition coefficient (Wildman–Crippen LogP) is 3.56. The first-order chi connectivity index (χ1) is 13.6. The van der Waals surface area contributed by atoms with E-state index in [1.165, 1.54) is 11.7 Å². The molecule has 0 saturated heterocycles. The molecule has 28 heavy (non-hydrogen) atoms. The number of nitrogens with one attached hydrogen (secondary N) is 1. The van der Waals surface area contributed by atoms with Crippen LogP contribution < -0.4 is 5.32 Å². The smallest absolute Gasteiger partial charge is 0.200 e. The molecule has 0 bridgehead atoms. The van der Waals surface area contributed by atoms with Crippen molar-refractivity contribution in [3.63, 3.8) is 0 Å². The second-order valence-electron chi connectivity index (χ2n) is 7.22. The van der Waals surface area contributed by atoms with Crippen molar-refractivity contribution in [1.29, 1.82) is 0 Å². The number of pyridine rings is 2. The molecule has 8 heteroatoms. The van der Waals surface area contributed by atoms with Crippen molar-refractivity contribution in [3.8, 4) is 0 Å². The maximum Gasteiger partial charge on any atom is 0.200 e. The number of sulfone groups is 1. The molecule has 0 radical (unpaired) electrons. The summed E-state index contributed by atoms with van der Waals surface area (Å²) in [5.74, 6) is 0.365. The third-order valence-corrected chi connectivity index (χ3v) is 6.83. The monoisotopic (exact) mass is 389 g/mol. The summed E-state index contributed by atoms with van der Waals surface area (Å²) in [6.07, 6.45) is 7.16. The molecule has 1 fully saturated rings. The standard InChI is InChI=1S/C20H15N5O2S/c26-28(27)10-16(12-1-2-12)14-8-18-15(9-19(14)28)17(3-5-21-18)24-13-4-6-25-20(7-13)22-11-23-25/h3-12H,1-2H2,(H,21,24). The largest absolute Gasteiger partial charge is 0.355 e. The number of aromatic nitrogens is 4. The Labute approximate surface area is 160 Å². The van der Waals surface area contributed by atoms with Gasteiger partial charge in [0.05, 0.1) is 10.4 Å². The van der Waals surface area contributed by atoms with E-state index >= 15 is 0 Å². The highest BCUT2D eigenvalue weighted by Crippen LogP contribution is 2.49. The van der Waals surface area contributed by atoms with E-state index in [2.05, 4.69) is 20.4 Å². The van der Waals surface area contributed by atoms with E-state index in [1.807, 2.05) is 30.5 Å². The first kappa shape index (κ1) is 15.8. The third kappa shape index (κ3) is 2.34. The van der Waals surface area contributed by atoms with Gasteiger partial charge >= 0.3 is 0 Å². The van der Waals surface area contributed by atoms with Gasteiger partial charge in [0.2, 0.25) is 9.84 Å². The number of hydrogen-bond donors (Lipinski definition) is 1. The maximum atomic E-state index is 12.7. The van der Waals surface area contributed by atoms with Crippen molar-refractivity contribution in [1.82, 2.24) is 19.6 Å². The van der Waals surface area contributed by atoms with E-state index in [4.69, 9.17) is 0 Å². The van der Waals surface area contributed by atoms with E-state index in [1.54, 1.807) is 16.8 Å². The molecular weight excluding hydrogens is 374 g/mol. The fourth-order valence-corrected chi connectivity index (χ4v) is 5.34. The van der Waals surface area contributed by atoms with Gasteiger partial charge in [0.15, 0.2) is 5.65 Å².